The molecule has 0 bridgehead atoms. The van der Waals surface area contributed by atoms with Crippen LogP contribution in [0.1, 0.15) is 41.1 Å². The molecule has 1 aliphatic heterocycles. The normalized spacial score (nSPS) is 14.7. The van der Waals surface area contributed by atoms with Crippen LogP contribution in [0.3, 0.4) is 0 Å². The number of nitrogens with two attached hydrogens (primary N) is 1. The number of aromatic nitrogens is 3. The second-order valence-corrected chi connectivity index (χ2v) is 10.7. The van der Waals surface area contributed by atoms with Gasteiger partial charge < -0.3 is 15.4 Å². The lowest BCUT2D eigenvalue weighted by atomic mass is 9.97. The van der Waals surface area contributed by atoms with E-state index in [9.17, 15) is 10.1 Å². The molecule has 1 amide bonds. The number of nitrogen functional groups attached to an aromatic ring is 1. The van der Waals surface area contributed by atoms with Crippen molar-refractivity contribution in [3.63, 3.8) is 0 Å². The summed E-state index contributed by atoms with van der Waals surface area (Å²) < 4.78 is 7.29. The van der Waals surface area contributed by atoms with E-state index in [-0.39, 0.29) is 18.7 Å². The van der Waals surface area contributed by atoms with Gasteiger partial charge >= 0.3 is 6.09 Å². The highest BCUT2D eigenvalue weighted by atomic mass is 16.6. The summed E-state index contributed by atoms with van der Waals surface area (Å²) in [7, 11) is 0. The van der Waals surface area contributed by atoms with E-state index in [1.807, 2.05) is 85.1 Å². The van der Waals surface area contributed by atoms with Gasteiger partial charge in [-0.15, -0.1) is 0 Å². The monoisotopic (exact) mass is 568 g/mol. The maximum Gasteiger partial charge on any atom is 0.410 e. The first-order valence-corrected chi connectivity index (χ1v) is 14.4. The molecular weight excluding hydrogens is 536 g/mol. The summed E-state index contributed by atoms with van der Waals surface area (Å²) in [6.45, 7) is 1.20. The molecule has 0 spiro atoms. The number of benzene rings is 3. The first-order valence-electron chi connectivity index (χ1n) is 14.4. The Balaban J connectivity index is 1.26. The van der Waals surface area contributed by atoms with E-state index in [0.717, 1.165) is 47.2 Å². The van der Waals surface area contributed by atoms with Crippen LogP contribution in [-0.4, -0.2) is 38.8 Å². The van der Waals surface area contributed by atoms with Gasteiger partial charge in [0.2, 0.25) is 0 Å². The van der Waals surface area contributed by atoms with Crippen LogP contribution in [0.5, 0.6) is 0 Å². The zero-order valence-corrected chi connectivity index (χ0v) is 23.8. The van der Waals surface area contributed by atoms with Crippen molar-refractivity contribution < 1.29 is 9.53 Å². The number of likely N-dealkylation sites (tertiary alicyclic amines) is 1. The van der Waals surface area contributed by atoms with Gasteiger partial charge in [0.1, 0.15) is 29.8 Å². The highest BCUT2D eigenvalue weighted by molar-refractivity contribution is 5.85. The molecular formula is C35H32N6O2. The van der Waals surface area contributed by atoms with E-state index in [4.69, 9.17) is 15.6 Å². The van der Waals surface area contributed by atoms with Crippen molar-refractivity contribution in [2.45, 2.75) is 31.9 Å². The van der Waals surface area contributed by atoms with Gasteiger partial charge in [-0.3, -0.25) is 4.98 Å². The predicted molar refractivity (Wildman–Crippen MR) is 166 cm³/mol. The molecule has 3 aromatic carbocycles. The zero-order chi connectivity index (χ0) is 29.6. The number of pyridine rings is 1. The van der Waals surface area contributed by atoms with Crippen molar-refractivity contribution in [3.05, 3.63) is 126 Å². The Morgan fingerprint density at radius 3 is 2.37 bits per heavy atom. The van der Waals surface area contributed by atoms with Crippen LogP contribution < -0.4 is 5.73 Å². The maximum absolute atomic E-state index is 12.9. The number of nitrogens with zero attached hydrogens (tertiary/aromatic N) is 5. The highest BCUT2D eigenvalue weighted by Crippen LogP contribution is 2.36. The number of nitriles is 1. The smallest absolute Gasteiger partial charge is 0.410 e. The number of carbonyl (C=O) groups excluding carboxylic acids is 1. The van der Waals surface area contributed by atoms with E-state index in [1.54, 1.807) is 9.58 Å². The van der Waals surface area contributed by atoms with Crippen molar-refractivity contribution in [2.24, 2.45) is 0 Å². The Kier molecular flexibility index (Phi) is 8.14. The molecule has 3 heterocycles. The molecule has 0 aliphatic carbocycles. The summed E-state index contributed by atoms with van der Waals surface area (Å²) in [6.07, 6.45) is 3.79. The summed E-state index contributed by atoms with van der Waals surface area (Å²) in [6, 6.07) is 33.9. The fourth-order valence-electron chi connectivity index (χ4n) is 5.63. The number of rotatable bonds is 7. The lowest BCUT2D eigenvalue weighted by molar-refractivity contribution is 0.0791. The number of piperidine rings is 1. The van der Waals surface area contributed by atoms with Gasteiger partial charge in [0.25, 0.3) is 0 Å². The quantitative estimate of drug-likeness (QED) is 0.236. The molecule has 1 aliphatic rings. The summed E-state index contributed by atoms with van der Waals surface area (Å²) in [5, 5.41) is 15.1. The summed E-state index contributed by atoms with van der Waals surface area (Å²) in [4.78, 5) is 19.3. The van der Waals surface area contributed by atoms with Gasteiger partial charge in [-0.25, -0.2) is 9.48 Å². The van der Waals surface area contributed by atoms with Gasteiger partial charge in [0, 0.05) is 30.4 Å². The van der Waals surface area contributed by atoms with Crippen LogP contribution in [0.25, 0.3) is 22.5 Å². The van der Waals surface area contributed by atoms with E-state index >= 15 is 0 Å². The standard InChI is InChI=1S/C35H32N6O2/c36-22-31-33(30-16-8-7-15-29(30)32-21-27(17-18-38-32)20-25-10-3-1-4-11-25)39-41(34(31)37)28-14-9-19-40(23-28)35(42)43-24-26-12-5-2-6-13-26/h1-8,10-13,15-18,21,28H,9,14,19-20,23-24,37H2. The zero-order valence-electron chi connectivity index (χ0n) is 23.8. The predicted octanol–water partition coefficient (Wildman–Crippen LogP) is 6.63. The van der Waals surface area contributed by atoms with Gasteiger partial charge in [-0.2, -0.15) is 10.4 Å². The van der Waals surface area contributed by atoms with E-state index in [2.05, 4.69) is 29.3 Å². The van der Waals surface area contributed by atoms with E-state index in [1.165, 1.54) is 5.56 Å². The SMILES string of the molecule is N#Cc1c(-c2ccccc2-c2cc(Cc3ccccc3)ccn2)nn(C2CCCN(C(=O)OCc3ccccc3)C2)c1N. The Labute approximate surface area is 251 Å². The number of anilines is 1. The molecule has 6 rings (SSSR count). The van der Waals surface area contributed by atoms with Crippen molar-refractivity contribution in [1.29, 1.82) is 5.26 Å². The topological polar surface area (TPSA) is 110 Å². The molecule has 2 N–H and O–H groups in total. The first-order chi connectivity index (χ1) is 21.1. The third-order valence-corrected chi connectivity index (χ3v) is 7.80. The molecule has 1 atom stereocenters. The van der Waals surface area contributed by atoms with Crippen LogP contribution in [0.15, 0.2) is 103 Å². The average Bonchev–Trinajstić information content (AvgIpc) is 3.40. The fraction of sp³-hybridized carbons (Fsp3) is 0.200. The summed E-state index contributed by atoms with van der Waals surface area (Å²) in [5.41, 5.74) is 13.1. The molecule has 43 heavy (non-hydrogen) atoms. The fourth-order valence-corrected chi connectivity index (χ4v) is 5.63. The van der Waals surface area contributed by atoms with Crippen LogP contribution in [-0.2, 0) is 17.8 Å². The number of hydrogen-bond donors (Lipinski definition) is 1. The minimum Gasteiger partial charge on any atom is -0.445 e. The Morgan fingerprint density at radius 1 is 0.930 bits per heavy atom. The van der Waals surface area contributed by atoms with Gasteiger partial charge in [0.05, 0.1) is 11.7 Å². The summed E-state index contributed by atoms with van der Waals surface area (Å²) in [5.74, 6) is 0.294. The molecule has 2 aromatic heterocycles. The molecule has 8 nitrogen and oxygen atoms in total. The largest absolute Gasteiger partial charge is 0.445 e. The maximum atomic E-state index is 12.9. The van der Waals surface area contributed by atoms with Crippen molar-refractivity contribution >= 4 is 11.9 Å². The van der Waals surface area contributed by atoms with E-state index < -0.39 is 0 Å². The van der Waals surface area contributed by atoms with Crippen LogP contribution in [0.2, 0.25) is 0 Å². The average molecular weight is 569 g/mol. The third-order valence-electron chi connectivity index (χ3n) is 7.80. The second-order valence-electron chi connectivity index (χ2n) is 10.7. The Morgan fingerprint density at radius 2 is 1.63 bits per heavy atom. The molecule has 1 saturated heterocycles. The van der Waals surface area contributed by atoms with Gasteiger partial charge in [0.15, 0.2) is 0 Å². The van der Waals surface area contributed by atoms with Crippen LogP contribution in [0, 0.1) is 11.3 Å². The lowest BCUT2D eigenvalue weighted by Gasteiger charge is -2.32. The molecule has 214 valence electrons. The molecule has 0 radical (unpaired) electrons. The Bertz CT molecular complexity index is 1760. The number of amides is 1. The highest BCUT2D eigenvalue weighted by Gasteiger charge is 2.30. The number of carbonyl (C=O) groups is 1. The van der Waals surface area contributed by atoms with Crippen LogP contribution in [0.4, 0.5) is 10.6 Å². The molecule has 5 aromatic rings. The van der Waals surface area contributed by atoms with Crippen molar-refractivity contribution in [3.8, 4) is 28.6 Å². The molecule has 1 unspecified atom stereocenters. The van der Waals surface area contributed by atoms with Gasteiger partial charge in [-0.1, -0.05) is 84.9 Å². The second kappa shape index (κ2) is 12.6. The molecule has 8 heteroatoms. The number of ether oxygens (including phenoxy) is 1. The number of hydrogen-bond acceptors (Lipinski definition) is 6. The van der Waals surface area contributed by atoms with Gasteiger partial charge in [-0.05, 0) is 48.1 Å². The summed E-state index contributed by atoms with van der Waals surface area (Å²) >= 11 is 0. The van der Waals surface area contributed by atoms with Crippen molar-refractivity contribution in [2.75, 3.05) is 18.8 Å². The Hall–Kier alpha value is -5.42. The third kappa shape index (κ3) is 6.11. The molecule has 0 saturated carbocycles. The molecule has 1 fully saturated rings. The first kappa shape index (κ1) is 27.7. The van der Waals surface area contributed by atoms with E-state index in [0.29, 0.717) is 30.2 Å². The van der Waals surface area contributed by atoms with Crippen molar-refractivity contribution in [1.82, 2.24) is 19.7 Å². The minimum atomic E-state index is -0.369. The van der Waals surface area contributed by atoms with Crippen LogP contribution >= 0.6 is 0 Å². The lowest BCUT2D eigenvalue weighted by Crippen LogP contribution is -2.41. The minimum absolute atomic E-state index is 0.182.